The number of piperidine rings is 1. The first-order chi connectivity index (χ1) is 9.60. The summed E-state index contributed by atoms with van der Waals surface area (Å²) in [5.41, 5.74) is 2.91. The van der Waals surface area contributed by atoms with Crippen LogP contribution in [0.15, 0.2) is 22.7 Å². The van der Waals surface area contributed by atoms with Crippen LogP contribution in [0.4, 0.5) is 5.69 Å². The summed E-state index contributed by atoms with van der Waals surface area (Å²) in [4.78, 5) is 2.47. The molecule has 1 saturated heterocycles. The molecule has 1 aromatic rings. The van der Waals surface area contributed by atoms with Crippen LogP contribution in [0.3, 0.4) is 0 Å². The maximum absolute atomic E-state index is 10.0. The van der Waals surface area contributed by atoms with Crippen LogP contribution in [-0.2, 0) is 0 Å². The van der Waals surface area contributed by atoms with Gasteiger partial charge >= 0.3 is 0 Å². The lowest BCUT2D eigenvalue weighted by atomic mass is 9.77. The summed E-state index contributed by atoms with van der Waals surface area (Å²) in [5, 5.41) is 10.0. The van der Waals surface area contributed by atoms with Gasteiger partial charge in [0, 0.05) is 28.8 Å². The van der Waals surface area contributed by atoms with Crippen molar-refractivity contribution in [2.75, 3.05) is 18.0 Å². The van der Waals surface area contributed by atoms with E-state index < -0.39 is 6.10 Å². The minimum absolute atomic E-state index is 0.412. The second-order valence-electron chi connectivity index (χ2n) is 6.57. The number of hydrogen-bond donors (Lipinski definition) is 1. The van der Waals surface area contributed by atoms with Crippen molar-refractivity contribution in [2.24, 2.45) is 5.41 Å². The first-order valence-corrected chi connectivity index (χ1v) is 8.61. The zero-order valence-corrected chi connectivity index (χ0v) is 13.8. The van der Waals surface area contributed by atoms with E-state index in [1.807, 2.05) is 6.92 Å². The minimum atomic E-state index is -0.412. The third-order valence-electron chi connectivity index (χ3n) is 5.27. The van der Waals surface area contributed by atoms with Crippen molar-refractivity contribution >= 4 is 21.6 Å². The molecule has 1 saturated carbocycles. The third-order valence-corrected chi connectivity index (χ3v) is 5.76. The fourth-order valence-electron chi connectivity index (χ4n) is 3.99. The Balaban J connectivity index is 1.77. The van der Waals surface area contributed by atoms with Crippen molar-refractivity contribution in [3.63, 3.8) is 0 Å². The molecule has 1 spiro atoms. The Kier molecular flexibility index (Phi) is 4.09. The van der Waals surface area contributed by atoms with E-state index in [9.17, 15) is 5.11 Å². The highest BCUT2D eigenvalue weighted by Crippen LogP contribution is 2.47. The molecule has 1 unspecified atom stereocenters. The van der Waals surface area contributed by atoms with Gasteiger partial charge in [-0.3, -0.25) is 0 Å². The number of halogens is 1. The average Bonchev–Trinajstić information content (AvgIpc) is 2.88. The molecule has 1 aromatic carbocycles. The van der Waals surface area contributed by atoms with Crippen LogP contribution in [-0.4, -0.2) is 18.2 Å². The number of aliphatic hydroxyl groups is 1. The van der Waals surface area contributed by atoms with Crippen molar-refractivity contribution in [3.8, 4) is 0 Å². The SMILES string of the molecule is CC(O)c1cc(Br)ccc1N1CCC2(CCCC2)CC1. The molecule has 1 N–H and O–H groups in total. The van der Waals surface area contributed by atoms with Gasteiger partial charge in [0.15, 0.2) is 0 Å². The van der Waals surface area contributed by atoms with E-state index in [1.165, 1.54) is 44.2 Å². The molecule has 0 amide bonds. The molecule has 3 rings (SSSR count). The number of benzene rings is 1. The van der Waals surface area contributed by atoms with E-state index in [0.717, 1.165) is 23.1 Å². The highest BCUT2D eigenvalue weighted by molar-refractivity contribution is 9.10. The standard InChI is InChI=1S/C17H24BrNO/c1-13(20)15-12-14(18)4-5-16(15)19-10-8-17(9-11-19)6-2-3-7-17/h4-5,12-13,20H,2-3,6-11H2,1H3. The zero-order chi connectivity index (χ0) is 14.2. The van der Waals surface area contributed by atoms with Crippen molar-refractivity contribution in [1.82, 2.24) is 0 Å². The van der Waals surface area contributed by atoms with Gasteiger partial charge in [-0.15, -0.1) is 0 Å². The topological polar surface area (TPSA) is 23.5 Å². The molecular weight excluding hydrogens is 314 g/mol. The Morgan fingerprint density at radius 1 is 1.15 bits per heavy atom. The molecule has 20 heavy (non-hydrogen) atoms. The van der Waals surface area contributed by atoms with Crippen LogP contribution in [0, 0.1) is 5.41 Å². The largest absolute Gasteiger partial charge is 0.389 e. The van der Waals surface area contributed by atoms with E-state index in [2.05, 4.69) is 39.0 Å². The summed E-state index contributed by atoms with van der Waals surface area (Å²) in [7, 11) is 0. The number of rotatable bonds is 2. The molecule has 1 aliphatic carbocycles. The molecule has 110 valence electrons. The normalized spacial score (nSPS) is 23.2. The Hall–Kier alpha value is -0.540. The molecule has 2 aliphatic rings. The monoisotopic (exact) mass is 337 g/mol. The molecular formula is C17H24BrNO. The van der Waals surface area contributed by atoms with E-state index in [0.29, 0.717) is 5.41 Å². The Morgan fingerprint density at radius 3 is 2.40 bits per heavy atom. The Morgan fingerprint density at radius 2 is 1.80 bits per heavy atom. The van der Waals surface area contributed by atoms with Crippen LogP contribution >= 0.6 is 15.9 Å². The first-order valence-electron chi connectivity index (χ1n) is 7.82. The number of nitrogens with zero attached hydrogens (tertiary/aromatic N) is 1. The molecule has 0 aromatic heterocycles. The summed E-state index contributed by atoms with van der Waals surface area (Å²) in [6.07, 6.45) is 7.96. The van der Waals surface area contributed by atoms with E-state index in [-0.39, 0.29) is 0 Å². The van der Waals surface area contributed by atoms with E-state index in [1.54, 1.807) is 0 Å². The maximum atomic E-state index is 10.0. The summed E-state index contributed by atoms with van der Waals surface area (Å²) in [6, 6.07) is 6.29. The quantitative estimate of drug-likeness (QED) is 0.848. The van der Waals surface area contributed by atoms with Crippen LogP contribution in [0.1, 0.15) is 57.1 Å². The Bertz CT molecular complexity index is 470. The average molecular weight is 338 g/mol. The van der Waals surface area contributed by atoms with Gasteiger partial charge in [0.2, 0.25) is 0 Å². The molecule has 1 atom stereocenters. The Labute approximate surface area is 130 Å². The third kappa shape index (κ3) is 2.75. The van der Waals surface area contributed by atoms with Gasteiger partial charge < -0.3 is 10.0 Å². The molecule has 1 heterocycles. The van der Waals surface area contributed by atoms with Gasteiger partial charge in [0.05, 0.1) is 6.10 Å². The van der Waals surface area contributed by atoms with Crippen LogP contribution in [0.2, 0.25) is 0 Å². The van der Waals surface area contributed by atoms with Gasteiger partial charge in [0.25, 0.3) is 0 Å². The van der Waals surface area contributed by atoms with Gasteiger partial charge in [0.1, 0.15) is 0 Å². The van der Waals surface area contributed by atoms with Crippen molar-refractivity contribution < 1.29 is 5.11 Å². The van der Waals surface area contributed by atoms with Gasteiger partial charge in [-0.25, -0.2) is 0 Å². The molecule has 0 bridgehead atoms. The van der Waals surface area contributed by atoms with Gasteiger partial charge in [-0.1, -0.05) is 28.8 Å². The second kappa shape index (κ2) is 5.69. The smallest absolute Gasteiger partial charge is 0.0782 e. The van der Waals surface area contributed by atoms with E-state index in [4.69, 9.17) is 0 Å². The lowest BCUT2D eigenvalue weighted by molar-refractivity contribution is 0.198. The van der Waals surface area contributed by atoms with Gasteiger partial charge in [-0.05, 0) is 56.2 Å². The highest BCUT2D eigenvalue weighted by atomic mass is 79.9. The lowest BCUT2D eigenvalue weighted by Gasteiger charge is -2.41. The predicted molar refractivity (Wildman–Crippen MR) is 87.1 cm³/mol. The highest BCUT2D eigenvalue weighted by Gasteiger charge is 2.37. The summed E-state index contributed by atoms with van der Waals surface area (Å²) in [6.45, 7) is 4.14. The summed E-state index contributed by atoms with van der Waals surface area (Å²) >= 11 is 3.51. The first kappa shape index (κ1) is 14.4. The van der Waals surface area contributed by atoms with Crippen molar-refractivity contribution in [1.29, 1.82) is 0 Å². The molecule has 2 nitrogen and oxygen atoms in total. The lowest BCUT2D eigenvalue weighted by Crippen LogP contribution is -2.39. The predicted octanol–water partition coefficient (Wildman–Crippen LogP) is 4.66. The molecule has 1 aliphatic heterocycles. The molecule has 2 fully saturated rings. The van der Waals surface area contributed by atoms with Crippen LogP contribution in [0.5, 0.6) is 0 Å². The van der Waals surface area contributed by atoms with Crippen molar-refractivity contribution in [3.05, 3.63) is 28.2 Å². The fraction of sp³-hybridized carbons (Fsp3) is 0.647. The van der Waals surface area contributed by atoms with Gasteiger partial charge in [-0.2, -0.15) is 0 Å². The second-order valence-corrected chi connectivity index (χ2v) is 7.49. The number of aliphatic hydroxyl groups excluding tert-OH is 1. The zero-order valence-electron chi connectivity index (χ0n) is 12.2. The summed E-state index contributed by atoms with van der Waals surface area (Å²) < 4.78 is 1.04. The number of hydrogen-bond acceptors (Lipinski definition) is 2. The van der Waals surface area contributed by atoms with E-state index >= 15 is 0 Å². The maximum Gasteiger partial charge on any atom is 0.0782 e. The van der Waals surface area contributed by atoms with Crippen LogP contribution < -0.4 is 4.90 Å². The molecule has 0 radical (unpaired) electrons. The fourth-order valence-corrected chi connectivity index (χ4v) is 4.37. The summed E-state index contributed by atoms with van der Waals surface area (Å²) in [5.74, 6) is 0. The van der Waals surface area contributed by atoms with Crippen LogP contribution in [0.25, 0.3) is 0 Å². The number of anilines is 1. The van der Waals surface area contributed by atoms with Crippen molar-refractivity contribution in [2.45, 2.75) is 51.6 Å². The molecule has 3 heteroatoms. The minimum Gasteiger partial charge on any atom is -0.389 e.